The zero-order chi connectivity index (χ0) is 13.7. The SMILES string of the molecule is CC12CCC(C1)C(C)(C)C2NC(=O)CC1CCCN1. The molecule has 1 amide bonds. The van der Waals surface area contributed by atoms with Gasteiger partial charge >= 0.3 is 0 Å². The van der Waals surface area contributed by atoms with Gasteiger partial charge in [-0.3, -0.25) is 4.79 Å². The van der Waals surface area contributed by atoms with Gasteiger partial charge in [0.1, 0.15) is 0 Å². The number of rotatable bonds is 3. The standard InChI is InChI=1S/C16H28N2O/c1-15(2)11-6-7-16(3,10-11)14(15)18-13(19)9-12-5-4-8-17-12/h11-12,14,17H,4-10H2,1-3H3,(H,18,19). The van der Waals surface area contributed by atoms with Gasteiger partial charge in [0.05, 0.1) is 0 Å². The second kappa shape index (κ2) is 4.47. The fourth-order valence-corrected chi connectivity index (χ4v) is 5.04. The maximum Gasteiger partial charge on any atom is 0.221 e. The van der Waals surface area contributed by atoms with E-state index in [0.29, 0.717) is 23.9 Å². The molecule has 2 N–H and O–H groups in total. The van der Waals surface area contributed by atoms with Crippen molar-refractivity contribution in [1.29, 1.82) is 0 Å². The first-order valence-corrected chi connectivity index (χ1v) is 7.94. The Morgan fingerprint density at radius 3 is 2.68 bits per heavy atom. The largest absolute Gasteiger partial charge is 0.352 e. The number of hydrogen-bond acceptors (Lipinski definition) is 2. The molecule has 0 aromatic carbocycles. The molecule has 0 aromatic rings. The molecule has 3 aliphatic rings. The van der Waals surface area contributed by atoms with Crippen molar-refractivity contribution < 1.29 is 4.79 Å². The van der Waals surface area contributed by atoms with E-state index in [-0.39, 0.29) is 11.3 Å². The van der Waals surface area contributed by atoms with E-state index in [2.05, 4.69) is 31.4 Å². The summed E-state index contributed by atoms with van der Waals surface area (Å²) >= 11 is 0. The average molecular weight is 264 g/mol. The lowest BCUT2D eigenvalue weighted by atomic mass is 9.68. The predicted molar refractivity (Wildman–Crippen MR) is 76.8 cm³/mol. The van der Waals surface area contributed by atoms with Crippen molar-refractivity contribution >= 4 is 5.91 Å². The molecule has 0 radical (unpaired) electrons. The summed E-state index contributed by atoms with van der Waals surface area (Å²) in [6.45, 7) is 8.15. The van der Waals surface area contributed by atoms with Crippen LogP contribution >= 0.6 is 0 Å². The van der Waals surface area contributed by atoms with Gasteiger partial charge in [0.25, 0.3) is 0 Å². The van der Waals surface area contributed by atoms with Crippen molar-refractivity contribution in [3.8, 4) is 0 Å². The Morgan fingerprint density at radius 2 is 2.11 bits per heavy atom. The highest BCUT2D eigenvalue weighted by atomic mass is 16.1. The van der Waals surface area contributed by atoms with E-state index in [0.717, 1.165) is 18.9 Å². The lowest BCUT2D eigenvalue weighted by Gasteiger charge is -2.43. The predicted octanol–water partition coefficient (Wildman–Crippen LogP) is 2.46. The third kappa shape index (κ3) is 2.20. The Morgan fingerprint density at radius 1 is 1.32 bits per heavy atom. The Bertz CT molecular complexity index is 368. The van der Waals surface area contributed by atoms with Gasteiger partial charge in [-0.25, -0.2) is 0 Å². The molecule has 3 fully saturated rings. The average Bonchev–Trinajstić information content (AvgIpc) is 2.98. The monoisotopic (exact) mass is 264 g/mol. The summed E-state index contributed by atoms with van der Waals surface area (Å²) < 4.78 is 0. The molecule has 3 rings (SSSR count). The van der Waals surface area contributed by atoms with Crippen LogP contribution in [0, 0.1) is 16.7 Å². The Balaban J connectivity index is 1.63. The van der Waals surface area contributed by atoms with Crippen LogP contribution in [-0.4, -0.2) is 24.5 Å². The number of carbonyl (C=O) groups is 1. The van der Waals surface area contributed by atoms with Gasteiger partial charge in [-0.15, -0.1) is 0 Å². The van der Waals surface area contributed by atoms with Crippen LogP contribution in [0.2, 0.25) is 0 Å². The fourth-order valence-electron chi connectivity index (χ4n) is 5.04. The van der Waals surface area contributed by atoms with E-state index in [1.807, 2.05) is 0 Å². The Labute approximate surface area is 116 Å². The van der Waals surface area contributed by atoms with Crippen LogP contribution in [0.5, 0.6) is 0 Å². The second-order valence-electron chi connectivity index (χ2n) is 7.91. The lowest BCUT2D eigenvalue weighted by Crippen LogP contribution is -2.53. The van der Waals surface area contributed by atoms with E-state index >= 15 is 0 Å². The number of amides is 1. The van der Waals surface area contributed by atoms with Crippen LogP contribution in [0.4, 0.5) is 0 Å². The van der Waals surface area contributed by atoms with Crippen LogP contribution in [0.25, 0.3) is 0 Å². The van der Waals surface area contributed by atoms with Crippen LogP contribution in [0.3, 0.4) is 0 Å². The van der Waals surface area contributed by atoms with Gasteiger partial charge in [-0.2, -0.15) is 0 Å². The first-order chi connectivity index (χ1) is 8.92. The maximum absolute atomic E-state index is 12.3. The van der Waals surface area contributed by atoms with E-state index in [1.54, 1.807) is 0 Å². The molecular formula is C16H28N2O. The smallest absolute Gasteiger partial charge is 0.221 e. The van der Waals surface area contributed by atoms with Gasteiger partial charge in [0.2, 0.25) is 5.91 Å². The second-order valence-corrected chi connectivity index (χ2v) is 7.91. The van der Waals surface area contributed by atoms with Crippen molar-refractivity contribution in [2.24, 2.45) is 16.7 Å². The first-order valence-electron chi connectivity index (χ1n) is 7.94. The summed E-state index contributed by atoms with van der Waals surface area (Å²) in [5.41, 5.74) is 0.610. The molecule has 0 spiro atoms. The van der Waals surface area contributed by atoms with Gasteiger partial charge in [-0.05, 0) is 55.4 Å². The normalized spacial score (nSPS) is 43.6. The lowest BCUT2D eigenvalue weighted by molar-refractivity contribution is -0.124. The molecule has 0 aromatic heterocycles. The van der Waals surface area contributed by atoms with Crippen molar-refractivity contribution in [1.82, 2.24) is 10.6 Å². The van der Waals surface area contributed by atoms with E-state index in [4.69, 9.17) is 0 Å². The molecular weight excluding hydrogens is 236 g/mol. The minimum Gasteiger partial charge on any atom is -0.352 e. The third-order valence-corrected chi connectivity index (χ3v) is 6.17. The molecule has 2 bridgehead atoms. The van der Waals surface area contributed by atoms with Gasteiger partial charge < -0.3 is 10.6 Å². The summed E-state index contributed by atoms with van der Waals surface area (Å²) in [5, 5.41) is 6.80. The summed E-state index contributed by atoms with van der Waals surface area (Å²) in [6, 6.07) is 0.780. The molecule has 2 aliphatic carbocycles. The van der Waals surface area contributed by atoms with Crippen molar-refractivity contribution in [3.05, 3.63) is 0 Å². The molecule has 4 atom stereocenters. The molecule has 3 nitrogen and oxygen atoms in total. The highest BCUT2D eigenvalue weighted by Gasteiger charge is 2.59. The number of carbonyl (C=O) groups excluding carboxylic acids is 1. The van der Waals surface area contributed by atoms with E-state index in [1.165, 1.54) is 25.7 Å². The quantitative estimate of drug-likeness (QED) is 0.822. The van der Waals surface area contributed by atoms with Crippen molar-refractivity contribution in [2.45, 2.75) is 71.4 Å². The molecule has 1 heterocycles. The zero-order valence-electron chi connectivity index (χ0n) is 12.6. The first kappa shape index (κ1) is 13.4. The summed E-state index contributed by atoms with van der Waals surface area (Å²) in [5.74, 6) is 1.05. The molecule has 19 heavy (non-hydrogen) atoms. The summed E-state index contributed by atoms with van der Waals surface area (Å²) in [6.07, 6.45) is 6.96. The maximum atomic E-state index is 12.3. The van der Waals surface area contributed by atoms with Crippen LogP contribution < -0.4 is 10.6 Å². The van der Waals surface area contributed by atoms with Crippen molar-refractivity contribution in [2.75, 3.05) is 6.54 Å². The van der Waals surface area contributed by atoms with Crippen molar-refractivity contribution in [3.63, 3.8) is 0 Å². The molecule has 3 heteroatoms. The number of nitrogens with one attached hydrogen (secondary N) is 2. The third-order valence-electron chi connectivity index (χ3n) is 6.17. The summed E-state index contributed by atoms with van der Waals surface area (Å²) in [7, 11) is 0. The van der Waals surface area contributed by atoms with E-state index < -0.39 is 0 Å². The topological polar surface area (TPSA) is 41.1 Å². The summed E-state index contributed by atoms with van der Waals surface area (Å²) in [4.78, 5) is 12.3. The molecule has 108 valence electrons. The molecule has 4 unspecified atom stereocenters. The van der Waals surface area contributed by atoms with Gasteiger partial charge in [-0.1, -0.05) is 20.8 Å². The molecule has 2 saturated carbocycles. The highest BCUT2D eigenvalue weighted by Crippen LogP contribution is 2.62. The zero-order valence-corrected chi connectivity index (χ0v) is 12.6. The van der Waals surface area contributed by atoms with Crippen LogP contribution in [0.15, 0.2) is 0 Å². The minimum absolute atomic E-state index is 0.256. The van der Waals surface area contributed by atoms with E-state index in [9.17, 15) is 4.79 Å². The highest BCUT2D eigenvalue weighted by molar-refractivity contribution is 5.77. The fraction of sp³-hybridized carbons (Fsp3) is 0.938. The van der Waals surface area contributed by atoms with Crippen LogP contribution in [-0.2, 0) is 4.79 Å². The number of fused-ring (bicyclic) bond motifs is 2. The van der Waals surface area contributed by atoms with Gasteiger partial charge in [0, 0.05) is 18.5 Å². The Kier molecular flexibility index (Phi) is 3.16. The molecule has 1 aliphatic heterocycles. The number of hydrogen-bond donors (Lipinski definition) is 2. The van der Waals surface area contributed by atoms with Gasteiger partial charge in [0.15, 0.2) is 0 Å². The molecule has 1 saturated heterocycles. The van der Waals surface area contributed by atoms with Crippen LogP contribution in [0.1, 0.15) is 59.3 Å². The Hall–Kier alpha value is -0.570. The minimum atomic E-state index is 0.256.